The molecule has 4 amide bonds. The van der Waals surface area contributed by atoms with E-state index in [0.29, 0.717) is 60.3 Å². The van der Waals surface area contributed by atoms with Crippen molar-refractivity contribution in [1.82, 2.24) is 51.2 Å². The first kappa shape index (κ1) is 76.6. The second-order valence-electron chi connectivity index (χ2n) is 22.3. The molecule has 0 aliphatic rings. The summed E-state index contributed by atoms with van der Waals surface area (Å²) in [7, 11) is 0. The summed E-state index contributed by atoms with van der Waals surface area (Å²) in [5.74, 6) is -2.18. The third-order valence-electron chi connectivity index (χ3n) is 14.9. The van der Waals surface area contributed by atoms with Gasteiger partial charge in [-0.05, 0) is 111 Å². The summed E-state index contributed by atoms with van der Waals surface area (Å²) < 4.78 is 19.9. The number of Topliss-reactive ketones (excluding diaryl/α,β-unsaturated/α-hetero) is 3. The van der Waals surface area contributed by atoms with Crippen molar-refractivity contribution in [2.24, 2.45) is 15.6 Å². The molecule has 524 valence electrons. The molecule has 0 radical (unpaired) electrons. The molecular formula is C74H76IN12O11S3-. The molecule has 0 saturated heterocycles. The van der Waals surface area contributed by atoms with Crippen molar-refractivity contribution in [3.8, 4) is 0 Å². The monoisotopic (exact) mass is 1530 g/mol. The maximum Gasteiger partial charge on any atom is 0.407 e. The van der Waals surface area contributed by atoms with Gasteiger partial charge in [0.1, 0.15) is 23.7 Å². The summed E-state index contributed by atoms with van der Waals surface area (Å²) in [6, 6.07) is 55.4. The number of para-hydroxylation sites is 3. The fourth-order valence-electron chi connectivity index (χ4n) is 9.69. The molecule has 0 aliphatic carbocycles. The zero-order chi connectivity index (χ0) is 71.4. The number of carboxylic acid groups (broad SMARTS) is 1. The van der Waals surface area contributed by atoms with Crippen LogP contribution >= 0.6 is 34.0 Å². The molecule has 0 bridgehead atoms. The number of alkyl halides is 1. The number of halogens is 1. The van der Waals surface area contributed by atoms with Crippen LogP contribution in [0.1, 0.15) is 130 Å². The molecule has 5 aromatic carbocycles. The average Bonchev–Trinajstić information content (AvgIpc) is 1.70. The Morgan fingerprint density at radius 2 is 0.802 bits per heavy atom. The van der Waals surface area contributed by atoms with Gasteiger partial charge in [-0.1, -0.05) is 91.0 Å². The first-order chi connectivity index (χ1) is 49.3. The van der Waals surface area contributed by atoms with Crippen molar-refractivity contribution >= 4 is 112 Å². The van der Waals surface area contributed by atoms with Crippen LogP contribution in [0.4, 0.5) is 9.59 Å². The molecule has 11 rings (SSSR count). The predicted molar refractivity (Wildman–Crippen MR) is 386 cm³/mol. The predicted octanol–water partition coefficient (Wildman–Crippen LogP) is 9.51. The molecule has 0 fully saturated rings. The standard InChI is InChI=1S/C27H26N4O4S.C22H25IN3O3S.C19H20N4O2S.C6H5NO2/c32-24(26-31-20-12-4-5-15-23(20)36-26)21(30-25(33)22-14-7-8-16-28-22)13-6-9-17-29-27(34)35-18-19-10-2-1-3-11-19;24-23-14-17(20(27)21-26-18-11-4-5-12-19(18)30-21)10-6-7-13-25-22(28)29-15-16-8-2-1-3-9-16;20-11-5-3-8-14(22-18(25)15-9-4-6-12-21-15)17(24)19-23-13-7-1-2-10-16(13)26-19;8-6(9)5-3-1-2-4-7-5/h1-5,7-8,10-12,14-16,21H,6,9,13,17-18H2,(H,29,34)(H,30,33);1-5,8-9,11-12,17H,6-7,10,13-15,24H2,(H,25,28);1-2,4,6-7,9-10,12,14H,3,5,8,11,20H2,(H,22,25);1-4H,(H,8,9)/q;-1;;/t21-;17-;14-;/m010./s1. The van der Waals surface area contributed by atoms with Crippen LogP contribution in [0, 0.1) is 5.92 Å². The molecular weight excluding hydrogens is 1460 g/mol. The van der Waals surface area contributed by atoms with E-state index in [1.54, 1.807) is 54.7 Å². The number of thiazole rings is 3. The Morgan fingerprint density at radius 3 is 1.17 bits per heavy atom. The van der Waals surface area contributed by atoms with E-state index in [0.717, 1.165) is 78.3 Å². The summed E-state index contributed by atoms with van der Waals surface area (Å²) >= 11 is 3.62. The number of fused-ring (bicyclic) bond motifs is 3. The van der Waals surface area contributed by atoms with E-state index in [2.05, 4.69) is 51.2 Å². The number of ether oxygens (including phenoxy) is 2. The average molecular weight is 1530 g/mol. The molecule has 0 spiro atoms. The Morgan fingerprint density at radius 1 is 0.436 bits per heavy atom. The number of benzene rings is 5. The largest absolute Gasteiger partial charge is 0.477 e. The first-order valence-corrected chi connectivity index (χ1v) is 37.6. The van der Waals surface area contributed by atoms with Gasteiger partial charge in [0.15, 0.2) is 10.0 Å². The third kappa shape index (κ3) is 25.5. The number of unbranched alkanes of at least 4 members (excludes halogenated alkanes) is 3. The summed E-state index contributed by atoms with van der Waals surface area (Å²) in [6.45, 7) is 1.92. The van der Waals surface area contributed by atoms with Crippen molar-refractivity contribution in [2.45, 2.75) is 83.1 Å². The van der Waals surface area contributed by atoms with E-state index in [-0.39, 0.29) is 59.5 Å². The van der Waals surface area contributed by atoms with Crippen LogP contribution in [-0.2, 0) is 22.7 Å². The Balaban J connectivity index is 0.000000183. The van der Waals surface area contributed by atoms with E-state index >= 15 is 0 Å². The van der Waals surface area contributed by atoms with Crippen LogP contribution < -0.4 is 52.4 Å². The zero-order valence-corrected chi connectivity index (χ0v) is 59.5. The number of carbonyl (C=O) groups is 8. The number of hydrogen-bond donors (Lipinski definition) is 7. The molecule has 23 nitrogen and oxygen atoms in total. The van der Waals surface area contributed by atoms with Gasteiger partial charge in [-0.15, -0.1) is 22.7 Å². The van der Waals surface area contributed by atoms with Crippen molar-refractivity contribution in [3.63, 3.8) is 0 Å². The molecule has 0 aliphatic heterocycles. The van der Waals surface area contributed by atoms with E-state index < -0.39 is 57.6 Å². The molecule has 6 heterocycles. The number of aromatic carboxylic acids is 1. The number of amides is 4. The minimum Gasteiger partial charge on any atom is -0.477 e. The molecule has 0 unspecified atom stereocenters. The number of carboxylic acids is 1. The minimum atomic E-state index is -0.990. The van der Waals surface area contributed by atoms with Gasteiger partial charge < -0.3 is 31.5 Å². The molecule has 6 aromatic heterocycles. The smallest absolute Gasteiger partial charge is 0.407 e. The van der Waals surface area contributed by atoms with Gasteiger partial charge in [0, 0.05) is 25.1 Å². The van der Waals surface area contributed by atoms with Gasteiger partial charge >= 0.3 is 185 Å². The van der Waals surface area contributed by atoms with Crippen molar-refractivity contribution < 1.29 is 74.4 Å². The Bertz CT molecular complexity index is 4330. The number of ketones is 3. The second-order valence-corrected chi connectivity index (χ2v) is 27.2. The molecule has 9 N–H and O–H groups in total. The van der Waals surface area contributed by atoms with Crippen molar-refractivity contribution in [2.75, 3.05) is 24.1 Å². The quantitative estimate of drug-likeness (QED) is 0.00699. The van der Waals surface area contributed by atoms with Gasteiger partial charge in [0.25, 0.3) is 11.8 Å². The van der Waals surface area contributed by atoms with Gasteiger partial charge in [0.05, 0.1) is 32.5 Å². The summed E-state index contributed by atoms with van der Waals surface area (Å²) in [5, 5.41) is 20.8. The number of rotatable bonds is 31. The number of nitrogens with two attached hydrogens (primary N) is 2. The number of nitrogens with zero attached hydrogens (tertiary/aromatic N) is 6. The SMILES string of the molecule is NCCCC[C@H](NC(=O)c1ccccn1)C(=O)c1nc2ccccc2s1.N[I-]C[C@@H](CCCCNC(=O)OCc1ccccc1)C(=O)c1nc2ccccc2s1.O=C(NCCCC[C@H](NC(=O)c1ccccn1)C(=O)c1nc2ccccc2s1)OCc1ccccc1.O=C(O)c1ccccn1. The van der Waals surface area contributed by atoms with E-state index in [1.807, 2.05) is 133 Å². The fraction of sp³-hybridized carbons (Fsp3) is 0.243. The zero-order valence-electron chi connectivity index (χ0n) is 54.9. The van der Waals surface area contributed by atoms with E-state index in [4.69, 9.17) is 24.3 Å². The second kappa shape index (κ2) is 42.1. The van der Waals surface area contributed by atoms with Crippen LogP contribution in [-0.4, -0.2) is 118 Å². The number of pyridine rings is 3. The van der Waals surface area contributed by atoms with Crippen LogP contribution in [0.2, 0.25) is 0 Å². The maximum absolute atomic E-state index is 13.3. The van der Waals surface area contributed by atoms with E-state index in [9.17, 15) is 38.4 Å². The van der Waals surface area contributed by atoms with Gasteiger partial charge in [-0.2, -0.15) is 0 Å². The summed E-state index contributed by atoms with van der Waals surface area (Å²) in [4.78, 5) is 123. The van der Waals surface area contributed by atoms with Gasteiger partial charge in [0.2, 0.25) is 11.6 Å². The molecule has 101 heavy (non-hydrogen) atoms. The maximum atomic E-state index is 13.3. The molecule has 3 atom stereocenters. The number of nitrogens with one attached hydrogen (secondary N) is 4. The van der Waals surface area contributed by atoms with E-state index in [1.165, 1.54) is 52.5 Å². The Hall–Kier alpha value is -10.2. The van der Waals surface area contributed by atoms with Crippen LogP contribution in [0.15, 0.2) is 207 Å². The minimum absolute atomic E-state index is 0.0810. The number of hydrogen-bond acceptors (Lipinski definition) is 21. The first-order valence-electron chi connectivity index (χ1n) is 32.4. The summed E-state index contributed by atoms with van der Waals surface area (Å²) in [5.41, 5.74) is 10.4. The molecule has 27 heteroatoms. The topological polar surface area (TPSA) is 353 Å². The number of alkyl carbamates (subject to hydrolysis) is 2. The summed E-state index contributed by atoms with van der Waals surface area (Å²) in [6.07, 6.45) is 9.66. The molecule has 11 aromatic rings. The van der Waals surface area contributed by atoms with Crippen LogP contribution in [0.5, 0.6) is 0 Å². The molecule has 0 saturated carbocycles. The van der Waals surface area contributed by atoms with Gasteiger partial charge in [-0.25, -0.2) is 24.5 Å². The van der Waals surface area contributed by atoms with Crippen LogP contribution in [0.3, 0.4) is 0 Å². The Kier molecular flexibility index (Phi) is 31.9. The Labute approximate surface area is 606 Å². The third-order valence-corrected chi connectivity index (χ3v) is 19.6. The normalized spacial score (nSPS) is 11.6. The number of carbonyl (C=O) groups excluding carboxylic acids is 7. The van der Waals surface area contributed by atoms with Crippen LogP contribution in [0.25, 0.3) is 30.6 Å². The van der Waals surface area contributed by atoms with Crippen molar-refractivity contribution in [3.05, 3.63) is 250 Å². The fourth-order valence-corrected chi connectivity index (χ4v) is 14.0. The number of aromatic nitrogens is 6. The van der Waals surface area contributed by atoms with Crippen molar-refractivity contribution in [1.29, 1.82) is 0 Å². The van der Waals surface area contributed by atoms with Gasteiger partial charge in [-0.3, -0.25) is 29.1 Å².